The van der Waals surface area contributed by atoms with Crippen LogP contribution in [0, 0.1) is 23.6 Å². The van der Waals surface area contributed by atoms with Crippen LogP contribution in [0.4, 0.5) is 15.8 Å². The molecule has 2 atom stereocenters. The number of fused-ring (bicyclic) bond motifs is 2. The zero-order valence-electron chi connectivity index (χ0n) is 40.3. The number of rotatable bonds is 12. The lowest BCUT2D eigenvalue weighted by molar-refractivity contribution is -0.136. The van der Waals surface area contributed by atoms with E-state index in [1.165, 1.54) is 6.07 Å². The molecule has 1 saturated carbocycles. The van der Waals surface area contributed by atoms with Crippen LogP contribution in [0.2, 0.25) is 5.02 Å². The summed E-state index contributed by atoms with van der Waals surface area (Å²) < 4.78 is 20.5. The number of nitrogens with one attached hydrogen (secondary N) is 2. The zero-order chi connectivity index (χ0) is 49.3. The van der Waals surface area contributed by atoms with E-state index in [-0.39, 0.29) is 48.4 Å². The lowest BCUT2D eigenvalue weighted by Gasteiger charge is -2.40. The molecular formula is C54H62ClFN8O7. The van der Waals surface area contributed by atoms with Gasteiger partial charge in [-0.2, -0.15) is 0 Å². The summed E-state index contributed by atoms with van der Waals surface area (Å²) in [5, 5.41) is 6.70. The quantitative estimate of drug-likeness (QED) is 0.142. The molecule has 6 amide bonds. The molecule has 3 aromatic carbocycles. The average molecular weight is 990 g/mol. The summed E-state index contributed by atoms with van der Waals surface area (Å²) in [5.74, 6) is -0.780. The molecule has 6 heterocycles. The van der Waals surface area contributed by atoms with E-state index in [1.807, 2.05) is 24.0 Å². The fourth-order valence-electron chi connectivity index (χ4n) is 11.9. The minimum absolute atomic E-state index is 0.0408. The third kappa shape index (κ3) is 10.5. The van der Waals surface area contributed by atoms with Gasteiger partial charge < -0.3 is 19.9 Å². The number of benzene rings is 3. The number of hydrogen-bond donors (Lipinski definition) is 2. The van der Waals surface area contributed by atoms with Crippen molar-refractivity contribution in [2.75, 3.05) is 75.7 Å². The average Bonchev–Trinajstić information content (AvgIpc) is 3.63. The summed E-state index contributed by atoms with van der Waals surface area (Å²) in [6, 6.07) is 16.4. The van der Waals surface area contributed by atoms with Crippen molar-refractivity contribution in [3.8, 4) is 5.75 Å². The highest BCUT2D eigenvalue weighted by atomic mass is 35.5. The number of aromatic nitrogens is 1. The van der Waals surface area contributed by atoms with Gasteiger partial charge in [0.2, 0.25) is 23.6 Å². The second kappa shape index (κ2) is 21.0. The molecule has 5 aliphatic heterocycles. The highest BCUT2D eigenvalue weighted by molar-refractivity contribution is 6.32. The van der Waals surface area contributed by atoms with Crippen molar-refractivity contribution in [3.05, 3.63) is 94.4 Å². The Bertz CT molecular complexity index is 2710. The number of likely N-dealkylation sites (tertiary alicyclic amines) is 2. The minimum Gasteiger partial charge on any atom is -0.489 e. The molecule has 17 heteroatoms. The molecule has 0 radical (unpaired) electrons. The summed E-state index contributed by atoms with van der Waals surface area (Å²) in [6.07, 6.45) is 8.94. The first-order valence-electron chi connectivity index (χ1n) is 25.5. The van der Waals surface area contributed by atoms with E-state index in [1.54, 1.807) is 48.7 Å². The fraction of sp³-hybridized carbons (Fsp3) is 0.500. The molecule has 6 aliphatic rings. The van der Waals surface area contributed by atoms with E-state index in [4.69, 9.17) is 16.3 Å². The number of imide groups is 2. The SMILES string of the molecule is C[C@@H](C(=O)Nc1ccc(Cl)c(OC2CCN(C(=O)CN3CCC(CN4CCN(c5cccc6c5C(=O)N(C5CCC(=O)NC5=O)C6=O)CC4)CC3)CC2)c1)C1CCC(c2ccnc3ccc(F)cc23)CC1. The minimum atomic E-state index is -0.996. The van der Waals surface area contributed by atoms with Gasteiger partial charge in [0.25, 0.3) is 11.8 Å². The van der Waals surface area contributed by atoms with Gasteiger partial charge in [0.05, 0.1) is 33.9 Å². The first-order chi connectivity index (χ1) is 34.4. The molecule has 71 heavy (non-hydrogen) atoms. The lowest BCUT2D eigenvalue weighted by atomic mass is 9.73. The van der Waals surface area contributed by atoms with Gasteiger partial charge in [-0.25, -0.2) is 4.39 Å². The monoisotopic (exact) mass is 988 g/mol. The van der Waals surface area contributed by atoms with Crippen molar-refractivity contribution in [3.63, 3.8) is 0 Å². The van der Waals surface area contributed by atoms with Gasteiger partial charge in [-0.05, 0) is 130 Å². The van der Waals surface area contributed by atoms with Gasteiger partial charge in [0.1, 0.15) is 23.7 Å². The topological polar surface area (TPSA) is 165 Å². The largest absolute Gasteiger partial charge is 0.489 e. The second-order valence-corrected chi connectivity index (χ2v) is 20.9. The van der Waals surface area contributed by atoms with Crippen molar-refractivity contribution in [2.24, 2.45) is 17.8 Å². The fourth-order valence-corrected chi connectivity index (χ4v) is 12.0. The Morgan fingerprint density at radius 1 is 0.831 bits per heavy atom. The number of amides is 6. The van der Waals surface area contributed by atoms with E-state index in [9.17, 15) is 33.2 Å². The number of carbonyl (C=O) groups is 6. The Labute approximate surface area is 418 Å². The lowest BCUT2D eigenvalue weighted by Crippen LogP contribution is -2.54. The molecule has 4 saturated heterocycles. The summed E-state index contributed by atoms with van der Waals surface area (Å²) in [4.78, 5) is 92.7. The Morgan fingerprint density at radius 2 is 1.59 bits per heavy atom. The van der Waals surface area contributed by atoms with E-state index >= 15 is 0 Å². The van der Waals surface area contributed by atoms with Crippen molar-refractivity contribution >= 4 is 69.3 Å². The maximum atomic E-state index is 14.1. The standard InChI is InChI=1S/C54H62ClFN8O7/c1-33(35-5-7-36(8-6-35)40-15-20-57-44-12-9-37(56)29-42(40)44)51(67)58-38-10-11-43(55)47(30-38)71-39-18-23-63(24-19-39)49(66)32-60-21-16-34(17-22-60)31-61-25-27-62(28-26-61)45-4-2-3-41-50(45)54(70)64(53(41)69)46-13-14-48(65)59-52(46)68/h2-4,9-12,15,20,29-30,33-36,39,46H,5-8,13-14,16-19,21-28,31-32H2,1H3,(H,58,67)(H,59,65,68)/t33-,35?,36?,46?/m1/s1. The van der Waals surface area contributed by atoms with Gasteiger partial charge in [-0.3, -0.25) is 53.8 Å². The normalized spacial score (nSPS) is 23.5. The van der Waals surface area contributed by atoms with Crippen molar-refractivity contribution in [1.29, 1.82) is 0 Å². The summed E-state index contributed by atoms with van der Waals surface area (Å²) >= 11 is 6.61. The van der Waals surface area contributed by atoms with E-state index < -0.39 is 29.7 Å². The predicted octanol–water partition coefficient (Wildman–Crippen LogP) is 6.88. The van der Waals surface area contributed by atoms with Gasteiger partial charge in [0.15, 0.2) is 0 Å². The van der Waals surface area contributed by atoms with Crippen LogP contribution in [0.15, 0.2) is 66.9 Å². The van der Waals surface area contributed by atoms with Crippen LogP contribution in [0.3, 0.4) is 0 Å². The van der Waals surface area contributed by atoms with E-state index in [0.717, 1.165) is 92.6 Å². The second-order valence-electron chi connectivity index (χ2n) is 20.4. The molecule has 15 nitrogen and oxygen atoms in total. The smallest absolute Gasteiger partial charge is 0.264 e. The summed E-state index contributed by atoms with van der Waals surface area (Å²) in [5.41, 5.74) is 3.89. The highest BCUT2D eigenvalue weighted by Crippen LogP contribution is 2.42. The number of hydrogen-bond acceptors (Lipinski definition) is 11. The molecular weight excluding hydrogens is 927 g/mol. The van der Waals surface area contributed by atoms with Gasteiger partial charge >= 0.3 is 0 Å². The zero-order valence-corrected chi connectivity index (χ0v) is 41.0. The number of anilines is 2. The summed E-state index contributed by atoms with van der Waals surface area (Å²) in [7, 11) is 0. The number of nitrogens with zero attached hydrogens (tertiary/aromatic N) is 6. The molecule has 0 bridgehead atoms. The number of carbonyl (C=O) groups excluding carboxylic acids is 6. The first-order valence-corrected chi connectivity index (χ1v) is 25.9. The van der Waals surface area contributed by atoms with Crippen LogP contribution in [0.25, 0.3) is 10.9 Å². The van der Waals surface area contributed by atoms with Crippen LogP contribution in [0.1, 0.15) is 103 Å². The molecule has 5 fully saturated rings. The molecule has 1 aromatic heterocycles. The number of ether oxygens (including phenoxy) is 1. The van der Waals surface area contributed by atoms with Crippen molar-refractivity contribution in [2.45, 2.75) is 89.2 Å². The molecule has 2 N–H and O–H groups in total. The van der Waals surface area contributed by atoms with Gasteiger partial charge in [-0.1, -0.05) is 24.6 Å². The van der Waals surface area contributed by atoms with Crippen LogP contribution < -0.4 is 20.3 Å². The first kappa shape index (κ1) is 48.6. The Hall–Kier alpha value is -5.97. The van der Waals surface area contributed by atoms with E-state index in [2.05, 4.69) is 30.3 Å². The van der Waals surface area contributed by atoms with Crippen LogP contribution in [-0.2, 0) is 19.2 Å². The molecule has 1 aliphatic carbocycles. The van der Waals surface area contributed by atoms with Gasteiger partial charge in [-0.15, -0.1) is 0 Å². The number of piperidine rings is 3. The highest BCUT2D eigenvalue weighted by Gasteiger charge is 2.46. The number of piperazine rings is 1. The van der Waals surface area contributed by atoms with Crippen LogP contribution in [0.5, 0.6) is 5.75 Å². The number of pyridine rings is 1. The molecule has 0 spiro atoms. The molecule has 4 aromatic rings. The molecule has 10 rings (SSSR count). The van der Waals surface area contributed by atoms with Crippen molar-refractivity contribution < 1.29 is 37.9 Å². The third-order valence-electron chi connectivity index (χ3n) is 16.1. The Morgan fingerprint density at radius 3 is 2.34 bits per heavy atom. The molecule has 374 valence electrons. The Kier molecular flexibility index (Phi) is 14.4. The summed E-state index contributed by atoms with van der Waals surface area (Å²) in [6.45, 7) is 9.31. The van der Waals surface area contributed by atoms with Crippen LogP contribution in [-0.4, -0.2) is 138 Å². The van der Waals surface area contributed by atoms with Gasteiger partial charge in [0, 0.05) is 94.3 Å². The van der Waals surface area contributed by atoms with Crippen LogP contribution >= 0.6 is 11.6 Å². The Balaban J connectivity index is 0.631. The maximum absolute atomic E-state index is 14.1. The third-order valence-corrected chi connectivity index (χ3v) is 16.4. The molecule has 1 unspecified atom stereocenters. The van der Waals surface area contributed by atoms with Crippen molar-refractivity contribution in [1.82, 2.24) is 29.9 Å². The number of halogens is 2. The maximum Gasteiger partial charge on any atom is 0.264 e. The predicted molar refractivity (Wildman–Crippen MR) is 267 cm³/mol. The van der Waals surface area contributed by atoms with E-state index in [0.29, 0.717) is 90.7 Å².